The Morgan fingerprint density at radius 3 is 2.50 bits per heavy atom. The van der Waals surface area contributed by atoms with E-state index in [1.165, 1.54) is 11.8 Å². The molecule has 16 heavy (non-hydrogen) atoms. The van der Waals surface area contributed by atoms with Crippen molar-refractivity contribution in [1.29, 1.82) is 0 Å². The molecular weight excluding hydrogens is 218 g/mol. The summed E-state index contributed by atoms with van der Waals surface area (Å²) in [6.07, 6.45) is 1.74. The quantitative estimate of drug-likeness (QED) is 0.809. The van der Waals surface area contributed by atoms with Gasteiger partial charge < -0.3 is 0 Å². The molecule has 1 aromatic heterocycles. The van der Waals surface area contributed by atoms with Gasteiger partial charge in [-0.05, 0) is 12.1 Å². The molecule has 0 N–H and O–H groups in total. The van der Waals surface area contributed by atoms with E-state index >= 15 is 0 Å². The zero-order valence-corrected chi connectivity index (χ0v) is 9.48. The van der Waals surface area contributed by atoms with Crippen LogP contribution in [0.15, 0.2) is 54.7 Å². The lowest BCUT2D eigenvalue weighted by Crippen LogP contribution is -1.94. The van der Waals surface area contributed by atoms with Crippen LogP contribution in [0.2, 0.25) is 0 Å². The zero-order chi connectivity index (χ0) is 11.2. The normalized spacial score (nSPS) is 10.0. The topological polar surface area (TPSA) is 30.0 Å². The Morgan fingerprint density at radius 2 is 1.81 bits per heavy atom. The molecule has 2 rings (SSSR count). The number of thioether (sulfide) groups is 1. The number of benzene rings is 1. The summed E-state index contributed by atoms with van der Waals surface area (Å²) in [5, 5.41) is 0.0891. The van der Waals surface area contributed by atoms with Crippen LogP contribution in [0.5, 0.6) is 0 Å². The SMILES string of the molecule is O=C(SCc1ccccn1)c1ccccc1. The minimum absolute atomic E-state index is 0.0891. The second-order valence-electron chi connectivity index (χ2n) is 3.26. The van der Waals surface area contributed by atoms with Crippen LogP contribution in [0, 0.1) is 0 Å². The molecule has 0 amide bonds. The summed E-state index contributed by atoms with van der Waals surface area (Å²) < 4.78 is 0. The van der Waals surface area contributed by atoms with Crippen molar-refractivity contribution in [3.63, 3.8) is 0 Å². The molecule has 0 atom stereocenters. The molecule has 0 spiro atoms. The van der Waals surface area contributed by atoms with E-state index in [-0.39, 0.29) is 5.12 Å². The van der Waals surface area contributed by atoms with Crippen LogP contribution in [0.25, 0.3) is 0 Å². The third kappa shape index (κ3) is 2.94. The van der Waals surface area contributed by atoms with E-state index in [0.29, 0.717) is 5.75 Å². The number of aromatic nitrogens is 1. The van der Waals surface area contributed by atoms with E-state index in [0.717, 1.165) is 11.3 Å². The van der Waals surface area contributed by atoms with Gasteiger partial charge >= 0.3 is 0 Å². The van der Waals surface area contributed by atoms with Gasteiger partial charge in [-0.25, -0.2) is 0 Å². The van der Waals surface area contributed by atoms with Crippen LogP contribution in [0.1, 0.15) is 16.1 Å². The summed E-state index contributed by atoms with van der Waals surface area (Å²) in [6, 6.07) is 15.0. The number of carbonyl (C=O) groups excluding carboxylic acids is 1. The summed E-state index contributed by atoms with van der Waals surface area (Å²) in [7, 11) is 0. The molecule has 1 aromatic carbocycles. The minimum Gasteiger partial charge on any atom is -0.282 e. The minimum atomic E-state index is 0.0891. The Hall–Kier alpha value is -1.61. The van der Waals surface area contributed by atoms with Gasteiger partial charge in [0.15, 0.2) is 0 Å². The first-order chi connectivity index (χ1) is 7.86. The number of hydrogen-bond acceptors (Lipinski definition) is 3. The maximum Gasteiger partial charge on any atom is 0.219 e. The standard InChI is InChI=1S/C13H11NOS/c15-13(11-6-2-1-3-7-11)16-10-12-8-4-5-9-14-12/h1-9H,10H2. The second-order valence-corrected chi connectivity index (χ2v) is 4.21. The van der Waals surface area contributed by atoms with Crippen LogP contribution < -0.4 is 0 Å². The number of pyridine rings is 1. The fraction of sp³-hybridized carbons (Fsp3) is 0.0769. The average Bonchev–Trinajstić information content (AvgIpc) is 2.38. The van der Waals surface area contributed by atoms with Gasteiger partial charge in [0.25, 0.3) is 0 Å². The predicted octanol–water partition coefficient (Wildman–Crippen LogP) is 3.16. The number of rotatable bonds is 3. The molecule has 0 bridgehead atoms. The third-order valence-electron chi connectivity index (χ3n) is 2.09. The number of carbonyl (C=O) groups is 1. The van der Waals surface area contributed by atoms with Crippen molar-refractivity contribution in [2.75, 3.05) is 0 Å². The number of hydrogen-bond donors (Lipinski definition) is 0. The van der Waals surface area contributed by atoms with E-state index in [1.54, 1.807) is 6.20 Å². The van der Waals surface area contributed by atoms with Crippen molar-refractivity contribution in [3.8, 4) is 0 Å². The molecule has 0 aliphatic rings. The Labute approximate surface area is 98.7 Å². The van der Waals surface area contributed by atoms with Gasteiger partial charge in [-0.15, -0.1) is 0 Å². The van der Waals surface area contributed by atoms with Gasteiger partial charge in [-0.3, -0.25) is 9.78 Å². The molecule has 0 saturated heterocycles. The Morgan fingerprint density at radius 1 is 1.06 bits per heavy atom. The maximum atomic E-state index is 11.8. The monoisotopic (exact) mass is 229 g/mol. The molecule has 0 aliphatic carbocycles. The first-order valence-corrected chi connectivity index (χ1v) is 5.97. The van der Waals surface area contributed by atoms with Crippen molar-refractivity contribution in [3.05, 3.63) is 66.0 Å². The summed E-state index contributed by atoms with van der Waals surface area (Å²) in [5.41, 5.74) is 1.67. The highest BCUT2D eigenvalue weighted by molar-refractivity contribution is 8.13. The van der Waals surface area contributed by atoms with E-state index in [9.17, 15) is 4.79 Å². The zero-order valence-electron chi connectivity index (χ0n) is 8.67. The molecule has 0 saturated carbocycles. The molecule has 1 heterocycles. The first kappa shape index (κ1) is 10.9. The van der Waals surface area contributed by atoms with E-state index in [1.807, 2.05) is 48.5 Å². The van der Waals surface area contributed by atoms with Crippen molar-refractivity contribution in [2.45, 2.75) is 5.75 Å². The van der Waals surface area contributed by atoms with Crippen molar-refractivity contribution in [1.82, 2.24) is 4.98 Å². The summed E-state index contributed by atoms with van der Waals surface area (Å²) in [4.78, 5) is 15.9. The molecule has 0 unspecified atom stereocenters. The molecular formula is C13H11NOS. The molecule has 0 aliphatic heterocycles. The molecule has 0 radical (unpaired) electrons. The lowest BCUT2D eigenvalue weighted by molar-refractivity contribution is 0.108. The lowest BCUT2D eigenvalue weighted by Gasteiger charge is -2.00. The van der Waals surface area contributed by atoms with Gasteiger partial charge in [-0.1, -0.05) is 48.2 Å². The van der Waals surface area contributed by atoms with Gasteiger partial charge in [-0.2, -0.15) is 0 Å². The highest BCUT2D eigenvalue weighted by Crippen LogP contribution is 2.16. The average molecular weight is 229 g/mol. The van der Waals surface area contributed by atoms with Crippen LogP contribution in [-0.2, 0) is 5.75 Å². The van der Waals surface area contributed by atoms with Gasteiger partial charge in [0.05, 0.1) is 5.69 Å². The fourth-order valence-corrected chi connectivity index (χ4v) is 2.03. The molecule has 80 valence electrons. The van der Waals surface area contributed by atoms with Crippen LogP contribution in [0.3, 0.4) is 0 Å². The fourth-order valence-electron chi connectivity index (χ4n) is 1.28. The second kappa shape index (κ2) is 5.47. The van der Waals surface area contributed by atoms with Crippen molar-refractivity contribution in [2.24, 2.45) is 0 Å². The maximum absolute atomic E-state index is 11.8. The molecule has 0 fully saturated rings. The Bertz CT molecular complexity index is 456. The smallest absolute Gasteiger partial charge is 0.219 e. The van der Waals surface area contributed by atoms with Gasteiger partial charge in [0.1, 0.15) is 0 Å². The van der Waals surface area contributed by atoms with Crippen LogP contribution in [-0.4, -0.2) is 10.1 Å². The summed E-state index contributed by atoms with van der Waals surface area (Å²) in [5.74, 6) is 0.620. The summed E-state index contributed by atoms with van der Waals surface area (Å²) in [6.45, 7) is 0. The van der Waals surface area contributed by atoms with Crippen molar-refractivity contribution < 1.29 is 4.79 Å². The summed E-state index contributed by atoms with van der Waals surface area (Å²) >= 11 is 1.28. The van der Waals surface area contributed by atoms with Gasteiger partial charge in [0, 0.05) is 17.5 Å². The van der Waals surface area contributed by atoms with Crippen LogP contribution >= 0.6 is 11.8 Å². The predicted molar refractivity (Wildman–Crippen MR) is 66.3 cm³/mol. The lowest BCUT2D eigenvalue weighted by atomic mass is 10.2. The number of nitrogens with zero attached hydrogens (tertiary/aromatic N) is 1. The van der Waals surface area contributed by atoms with E-state index < -0.39 is 0 Å². The third-order valence-corrected chi connectivity index (χ3v) is 3.02. The van der Waals surface area contributed by atoms with E-state index in [2.05, 4.69) is 4.98 Å². The largest absolute Gasteiger partial charge is 0.282 e. The highest BCUT2D eigenvalue weighted by Gasteiger charge is 2.05. The van der Waals surface area contributed by atoms with Crippen molar-refractivity contribution >= 4 is 16.9 Å². The molecule has 2 nitrogen and oxygen atoms in total. The first-order valence-electron chi connectivity index (χ1n) is 4.98. The Kier molecular flexibility index (Phi) is 3.72. The van der Waals surface area contributed by atoms with Gasteiger partial charge in [0.2, 0.25) is 5.12 Å². The Balaban J connectivity index is 1.95. The molecule has 3 heteroatoms. The molecule has 2 aromatic rings. The highest BCUT2D eigenvalue weighted by atomic mass is 32.2. The van der Waals surface area contributed by atoms with E-state index in [4.69, 9.17) is 0 Å². The van der Waals surface area contributed by atoms with Crippen LogP contribution in [0.4, 0.5) is 0 Å².